The van der Waals surface area contributed by atoms with Crippen molar-refractivity contribution in [1.29, 1.82) is 0 Å². The molecule has 0 fully saturated rings. The molecule has 0 heterocycles. The van der Waals surface area contributed by atoms with Crippen LogP contribution in [0, 0.1) is 6.92 Å². The first-order valence-corrected chi connectivity index (χ1v) is 8.98. The summed E-state index contributed by atoms with van der Waals surface area (Å²) < 4.78 is 31.4. The SMILES string of the molecule is CCOC(=O)c1cccc(NC(=O)NS(=O)(=O)c2ccccc2C)c1. The lowest BCUT2D eigenvalue weighted by atomic mass is 10.2. The van der Waals surface area contributed by atoms with E-state index < -0.39 is 22.0 Å². The summed E-state index contributed by atoms with van der Waals surface area (Å²) in [6.07, 6.45) is 0. The third kappa shape index (κ3) is 4.80. The number of esters is 1. The summed E-state index contributed by atoms with van der Waals surface area (Å²) in [4.78, 5) is 23.7. The topological polar surface area (TPSA) is 102 Å². The van der Waals surface area contributed by atoms with E-state index in [-0.39, 0.29) is 22.8 Å². The van der Waals surface area contributed by atoms with Gasteiger partial charge in [-0.2, -0.15) is 0 Å². The van der Waals surface area contributed by atoms with Gasteiger partial charge in [0.05, 0.1) is 17.1 Å². The molecular formula is C17H18N2O5S. The van der Waals surface area contributed by atoms with E-state index in [0.29, 0.717) is 5.56 Å². The van der Waals surface area contributed by atoms with Crippen molar-refractivity contribution in [3.05, 3.63) is 59.7 Å². The molecule has 2 amide bonds. The smallest absolute Gasteiger partial charge is 0.338 e. The van der Waals surface area contributed by atoms with E-state index >= 15 is 0 Å². The van der Waals surface area contributed by atoms with Gasteiger partial charge in [0, 0.05) is 5.69 Å². The van der Waals surface area contributed by atoms with Gasteiger partial charge in [-0.05, 0) is 43.7 Å². The number of rotatable bonds is 5. The van der Waals surface area contributed by atoms with Crippen molar-refractivity contribution in [2.24, 2.45) is 0 Å². The van der Waals surface area contributed by atoms with Crippen molar-refractivity contribution >= 4 is 27.7 Å². The molecule has 0 bridgehead atoms. The lowest BCUT2D eigenvalue weighted by molar-refractivity contribution is 0.0526. The number of benzene rings is 2. The van der Waals surface area contributed by atoms with Crippen LogP contribution in [0.25, 0.3) is 0 Å². The Morgan fingerprint density at radius 2 is 1.80 bits per heavy atom. The zero-order chi connectivity index (χ0) is 18.4. The van der Waals surface area contributed by atoms with Crippen LogP contribution in [0.1, 0.15) is 22.8 Å². The summed E-state index contributed by atoms with van der Waals surface area (Å²) in [6.45, 7) is 3.55. The van der Waals surface area contributed by atoms with Gasteiger partial charge < -0.3 is 10.1 Å². The Morgan fingerprint density at radius 1 is 1.08 bits per heavy atom. The van der Waals surface area contributed by atoms with Crippen molar-refractivity contribution in [2.75, 3.05) is 11.9 Å². The lowest BCUT2D eigenvalue weighted by Gasteiger charge is -2.11. The average molecular weight is 362 g/mol. The van der Waals surface area contributed by atoms with Crippen molar-refractivity contribution < 1.29 is 22.7 Å². The molecule has 0 aliphatic carbocycles. The van der Waals surface area contributed by atoms with E-state index in [9.17, 15) is 18.0 Å². The molecule has 2 rings (SSSR count). The third-order valence-electron chi connectivity index (χ3n) is 3.24. The minimum absolute atomic E-state index is 0.0189. The number of aryl methyl sites for hydroxylation is 1. The molecule has 0 radical (unpaired) electrons. The largest absolute Gasteiger partial charge is 0.462 e. The highest BCUT2D eigenvalue weighted by molar-refractivity contribution is 7.90. The van der Waals surface area contributed by atoms with Crippen LogP contribution in [0.3, 0.4) is 0 Å². The summed E-state index contributed by atoms with van der Waals surface area (Å²) in [5.41, 5.74) is 1.04. The normalized spacial score (nSPS) is 10.8. The number of carbonyl (C=O) groups is 2. The number of nitrogens with one attached hydrogen (secondary N) is 2. The van der Waals surface area contributed by atoms with Crippen LogP contribution in [0.15, 0.2) is 53.4 Å². The molecule has 132 valence electrons. The van der Waals surface area contributed by atoms with Crippen LogP contribution in [0.5, 0.6) is 0 Å². The second-order valence-corrected chi connectivity index (χ2v) is 6.78. The van der Waals surface area contributed by atoms with Gasteiger partial charge >= 0.3 is 12.0 Å². The first kappa shape index (κ1) is 18.5. The molecule has 0 unspecified atom stereocenters. The van der Waals surface area contributed by atoms with Crippen LogP contribution in [-0.2, 0) is 14.8 Å². The number of amides is 2. The molecule has 8 heteroatoms. The molecule has 0 aliphatic rings. The number of hydrogen-bond acceptors (Lipinski definition) is 5. The fraction of sp³-hybridized carbons (Fsp3) is 0.176. The first-order valence-electron chi connectivity index (χ1n) is 7.50. The van der Waals surface area contributed by atoms with Crippen LogP contribution in [0.4, 0.5) is 10.5 Å². The Balaban J connectivity index is 2.11. The summed E-state index contributed by atoms with van der Waals surface area (Å²) in [5, 5.41) is 2.39. The zero-order valence-corrected chi connectivity index (χ0v) is 14.6. The van der Waals surface area contributed by atoms with E-state index in [1.807, 2.05) is 4.72 Å². The maximum atomic E-state index is 12.3. The average Bonchev–Trinajstić information content (AvgIpc) is 2.55. The number of carbonyl (C=O) groups excluding carboxylic acids is 2. The van der Waals surface area contributed by atoms with E-state index in [2.05, 4.69) is 5.32 Å². The molecule has 0 aromatic heterocycles. The predicted octanol–water partition coefficient (Wildman–Crippen LogP) is 2.68. The Morgan fingerprint density at radius 3 is 2.48 bits per heavy atom. The fourth-order valence-electron chi connectivity index (χ4n) is 2.13. The number of anilines is 1. The number of urea groups is 1. The van der Waals surface area contributed by atoms with Crippen molar-refractivity contribution in [3.8, 4) is 0 Å². The molecule has 2 N–H and O–H groups in total. The summed E-state index contributed by atoms with van der Waals surface area (Å²) in [7, 11) is -4.00. The molecule has 25 heavy (non-hydrogen) atoms. The highest BCUT2D eigenvalue weighted by Gasteiger charge is 2.19. The second-order valence-electron chi connectivity index (χ2n) is 5.13. The number of hydrogen-bond donors (Lipinski definition) is 2. The van der Waals surface area contributed by atoms with Gasteiger partial charge in [0.2, 0.25) is 0 Å². The Labute approximate surface area is 146 Å². The number of ether oxygens (including phenoxy) is 1. The minimum Gasteiger partial charge on any atom is -0.462 e. The van der Waals surface area contributed by atoms with Gasteiger partial charge in [-0.25, -0.2) is 22.7 Å². The molecule has 7 nitrogen and oxygen atoms in total. The van der Waals surface area contributed by atoms with Gasteiger partial charge in [0.25, 0.3) is 10.0 Å². The summed E-state index contributed by atoms with van der Waals surface area (Å²) in [5.74, 6) is -0.529. The molecule has 0 saturated carbocycles. The minimum atomic E-state index is -4.00. The van der Waals surface area contributed by atoms with Crippen molar-refractivity contribution in [2.45, 2.75) is 18.7 Å². The van der Waals surface area contributed by atoms with Crippen LogP contribution in [0.2, 0.25) is 0 Å². The molecule has 0 spiro atoms. The maximum absolute atomic E-state index is 12.3. The standard InChI is InChI=1S/C17H18N2O5S/c1-3-24-16(20)13-8-6-9-14(11-13)18-17(21)19-25(22,23)15-10-5-4-7-12(15)2/h4-11H,3H2,1-2H3,(H2,18,19,21). The van der Waals surface area contributed by atoms with Crippen molar-refractivity contribution in [1.82, 2.24) is 4.72 Å². The Bertz CT molecular complexity index is 893. The van der Waals surface area contributed by atoms with Crippen LogP contribution >= 0.6 is 0 Å². The lowest BCUT2D eigenvalue weighted by Crippen LogP contribution is -2.34. The molecule has 2 aromatic rings. The van der Waals surface area contributed by atoms with E-state index in [4.69, 9.17) is 4.74 Å². The van der Waals surface area contributed by atoms with Crippen LogP contribution in [-0.4, -0.2) is 27.0 Å². The Hall–Kier alpha value is -2.87. The summed E-state index contributed by atoms with van der Waals surface area (Å²) >= 11 is 0. The summed E-state index contributed by atoms with van der Waals surface area (Å²) in [6, 6.07) is 11.4. The highest BCUT2D eigenvalue weighted by atomic mass is 32.2. The molecule has 0 aliphatic heterocycles. The van der Waals surface area contributed by atoms with E-state index in [1.54, 1.807) is 38.1 Å². The molecule has 2 aromatic carbocycles. The molecule has 0 saturated heterocycles. The zero-order valence-electron chi connectivity index (χ0n) is 13.8. The fourth-order valence-corrected chi connectivity index (χ4v) is 3.28. The third-order valence-corrected chi connectivity index (χ3v) is 4.73. The van der Waals surface area contributed by atoms with Crippen LogP contribution < -0.4 is 10.0 Å². The van der Waals surface area contributed by atoms with E-state index in [1.165, 1.54) is 24.3 Å². The quantitative estimate of drug-likeness (QED) is 0.796. The van der Waals surface area contributed by atoms with E-state index in [0.717, 1.165) is 0 Å². The first-order chi connectivity index (χ1) is 11.8. The monoisotopic (exact) mass is 362 g/mol. The highest BCUT2D eigenvalue weighted by Crippen LogP contribution is 2.15. The maximum Gasteiger partial charge on any atom is 0.338 e. The van der Waals surface area contributed by atoms with Gasteiger partial charge in [0.1, 0.15) is 0 Å². The molecule has 0 atom stereocenters. The Kier molecular flexibility index (Phi) is 5.76. The number of sulfonamides is 1. The van der Waals surface area contributed by atoms with Crippen molar-refractivity contribution in [3.63, 3.8) is 0 Å². The second kappa shape index (κ2) is 7.80. The van der Waals surface area contributed by atoms with Gasteiger partial charge in [-0.1, -0.05) is 24.3 Å². The van der Waals surface area contributed by atoms with Gasteiger partial charge in [-0.15, -0.1) is 0 Å². The molecular weight excluding hydrogens is 344 g/mol. The van der Waals surface area contributed by atoms with Gasteiger partial charge in [-0.3, -0.25) is 0 Å². The van der Waals surface area contributed by atoms with Gasteiger partial charge in [0.15, 0.2) is 0 Å². The predicted molar refractivity (Wildman–Crippen MR) is 92.9 cm³/mol.